The van der Waals surface area contributed by atoms with Gasteiger partial charge in [0.2, 0.25) is 16.0 Å². The molecule has 8 heteroatoms. The van der Waals surface area contributed by atoms with E-state index in [2.05, 4.69) is 9.71 Å². The van der Waals surface area contributed by atoms with Crippen LogP contribution >= 0.6 is 0 Å². The van der Waals surface area contributed by atoms with Crippen LogP contribution < -0.4 is 9.46 Å². The van der Waals surface area contributed by atoms with Crippen molar-refractivity contribution < 1.29 is 22.3 Å². The first-order chi connectivity index (χ1) is 13.3. The molecular formula is C20H23FN2O4S. The molecule has 1 saturated heterocycles. The van der Waals surface area contributed by atoms with E-state index in [1.54, 1.807) is 26.0 Å². The van der Waals surface area contributed by atoms with Gasteiger partial charge in [0, 0.05) is 23.9 Å². The fourth-order valence-electron chi connectivity index (χ4n) is 2.69. The van der Waals surface area contributed by atoms with Gasteiger partial charge in [-0.2, -0.15) is 4.39 Å². The van der Waals surface area contributed by atoms with E-state index < -0.39 is 21.2 Å². The fourth-order valence-corrected chi connectivity index (χ4v) is 3.23. The molecule has 28 heavy (non-hydrogen) atoms. The average Bonchev–Trinajstić information content (AvgIpc) is 3.10. The van der Waals surface area contributed by atoms with Gasteiger partial charge in [0.25, 0.3) is 0 Å². The summed E-state index contributed by atoms with van der Waals surface area (Å²) in [6.07, 6.45) is 4.47. The maximum absolute atomic E-state index is 12.9. The van der Waals surface area contributed by atoms with Crippen LogP contribution in [0.25, 0.3) is 11.1 Å². The number of pyridine rings is 1. The number of halogens is 1. The van der Waals surface area contributed by atoms with Crippen LogP contribution in [0, 0.1) is 11.9 Å². The van der Waals surface area contributed by atoms with Gasteiger partial charge in [-0.15, -0.1) is 0 Å². The molecule has 0 spiro atoms. The van der Waals surface area contributed by atoms with E-state index in [4.69, 9.17) is 9.47 Å². The Morgan fingerprint density at radius 3 is 2.54 bits per heavy atom. The number of aromatic nitrogens is 1. The summed E-state index contributed by atoms with van der Waals surface area (Å²) in [4.78, 5) is 3.66. The molecule has 1 aromatic carbocycles. The topological polar surface area (TPSA) is 77.5 Å². The average molecular weight is 406 g/mol. The number of nitrogens with one attached hydrogen (secondary N) is 1. The Hall–Kier alpha value is -2.45. The van der Waals surface area contributed by atoms with Crippen molar-refractivity contribution in [2.24, 2.45) is 5.92 Å². The van der Waals surface area contributed by atoms with Gasteiger partial charge >= 0.3 is 0 Å². The molecule has 1 N–H and O–H groups in total. The van der Waals surface area contributed by atoms with Crippen molar-refractivity contribution in [1.82, 2.24) is 9.71 Å². The molecule has 0 amide bonds. The summed E-state index contributed by atoms with van der Waals surface area (Å²) in [6.45, 7) is 4.12. The predicted octanol–water partition coefficient (Wildman–Crippen LogP) is 3.12. The van der Waals surface area contributed by atoms with Crippen molar-refractivity contribution in [3.63, 3.8) is 0 Å². The Kier molecular flexibility index (Phi) is 6.31. The summed E-state index contributed by atoms with van der Waals surface area (Å²) in [6, 6.07) is 10.4. The van der Waals surface area contributed by atoms with Gasteiger partial charge in [-0.3, -0.25) is 4.72 Å². The third kappa shape index (κ3) is 5.08. The SMILES string of the molecule is CC(C)S(=O)(=O)N/C=C/C1COC[C@@H]1Oc1ccc(-c2ccc(F)nc2)cc1. The third-order valence-corrected chi connectivity index (χ3v) is 6.17. The summed E-state index contributed by atoms with van der Waals surface area (Å²) < 4.78 is 50.5. The van der Waals surface area contributed by atoms with E-state index in [1.807, 2.05) is 24.3 Å². The highest BCUT2D eigenvalue weighted by Crippen LogP contribution is 2.25. The van der Waals surface area contributed by atoms with E-state index in [1.165, 1.54) is 18.5 Å². The lowest BCUT2D eigenvalue weighted by atomic mass is 10.1. The number of rotatable bonds is 7. The summed E-state index contributed by atoms with van der Waals surface area (Å²) >= 11 is 0. The number of sulfonamides is 1. The van der Waals surface area contributed by atoms with Crippen molar-refractivity contribution in [1.29, 1.82) is 0 Å². The zero-order valence-electron chi connectivity index (χ0n) is 15.7. The van der Waals surface area contributed by atoms with Gasteiger partial charge in [0.15, 0.2) is 0 Å². The minimum absolute atomic E-state index is 0.0594. The molecule has 1 aliphatic rings. The van der Waals surface area contributed by atoms with Crippen LogP contribution in [0.5, 0.6) is 5.75 Å². The summed E-state index contributed by atoms with van der Waals surface area (Å²) in [5.41, 5.74) is 1.72. The number of nitrogens with zero attached hydrogens (tertiary/aromatic N) is 1. The highest BCUT2D eigenvalue weighted by Gasteiger charge is 2.28. The van der Waals surface area contributed by atoms with Gasteiger partial charge in [0.1, 0.15) is 11.9 Å². The first-order valence-electron chi connectivity index (χ1n) is 8.99. The molecule has 1 unspecified atom stereocenters. The van der Waals surface area contributed by atoms with E-state index in [0.717, 1.165) is 11.1 Å². The van der Waals surface area contributed by atoms with Crippen LogP contribution in [-0.4, -0.2) is 38.0 Å². The molecule has 0 saturated carbocycles. The zero-order chi connectivity index (χ0) is 20.1. The van der Waals surface area contributed by atoms with E-state index in [-0.39, 0.29) is 12.0 Å². The molecule has 1 aromatic heterocycles. The van der Waals surface area contributed by atoms with Crippen LogP contribution in [0.1, 0.15) is 13.8 Å². The number of ether oxygens (including phenoxy) is 2. The normalized spacial score (nSPS) is 20.0. The highest BCUT2D eigenvalue weighted by molar-refractivity contribution is 7.90. The van der Waals surface area contributed by atoms with Crippen LogP contribution in [0.15, 0.2) is 54.9 Å². The van der Waals surface area contributed by atoms with Crippen LogP contribution in [-0.2, 0) is 14.8 Å². The van der Waals surface area contributed by atoms with Gasteiger partial charge in [-0.25, -0.2) is 13.4 Å². The Morgan fingerprint density at radius 1 is 1.18 bits per heavy atom. The summed E-state index contributed by atoms with van der Waals surface area (Å²) in [5, 5.41) is -0.501. The molecule has 3 rings (SSSR count). The maximum Gasteiger partial charge on any atom is 0.234 e. The lowest BCUT2D eigenvalue weighted by molar-refractivity contribution is 0.139. The second-order valence-electron chi connectivity index (χ2n) is 6.82. The third-order valence-electron chi connectivity index (χ3n) is 4.47. The molecule has 0 aliphatic carbocycles. The Balaban J connectivity index is 1.61. The minimum Gasteiger partial charge on any atom is -0.487 e. The Bertz CT molecular complexity index is 912. The Morgan fingerprint density at radius 2 is 1.89 bits per heavy atom. The molecule has 2 heterocycles. The summed E-state index contributed by atoms with van der Waals surface area (Å²) in [5.74, 6) is 0.103. The fraction of sp³-hybridized carbons (Fsp3) is 0.350. The van der Waals surface area contributed by atoms with Crippen LogP contribution in [0.4, 0.5) is 4.39 Å². The van der Waals surface area contributed by atoms with Crippen LogP contribution in [0.3, 0.4) is 0 Å². The molecule has 6 nitrogen and oxygen atoms in total. The molecule has 150 valence electrons. The monoisotopic (exact) mass is 406 g/mol. The number of hydrogen-bond donors (Lipinski definition) is 1. The van der Waals surface area contributed by atoms with Crippen molar-refractivity contribution in [3.05, 3.63) is 60.8 Å². The van der Waals surface area contributed by atoms with E-state index in [9.17, 15) is 12.8 Å². The second-order valence-corrected chi connectivity index (χ2v) is 9.09. The molecule has 2 atom stereocenters. The van der Waals surface area contributed by atoms with E-state index in [0.29, 0.717) is 19.0 Å². The van der Waals surface area contributed by atoms with Crippen molar-refractivity contribution in [3.8, 4) is 16.9 Å². The van der Waals surface area contributed by atoms with Crippen LogP contribution in [0.2, 0.25) is 0 Å². The maximum atomic E-state index is 12.9. The summed E-state index contributed by atoms with van der Waals surface area (Å²) in [7, 11) is -3.35. The lowest BCUT2D eigenvalue weighted by Gasteiger charge is -2.17. The molecule has 0 bridgehead atoms. The largest absolute Gasteiger partial charge is 0.487 e. The Labute approximate surface area is 164 Å². The zero-order valence-corrected chi connectivity index (χ0v) is 16.5. The van der Waals surface area contributed by atoms with Gasteiger partial charge in [-0.05, 0) is 43.7 Å². The van der Waals surface area contributed by atoms with Crippen molar-refractivity contribution in [2.45, 2.75) is 25.2 Å². The molecular weight excluding hydrogens is 383 g/mol. The second kappa shape index (κ2) is 8.70. The molecule has 2 aromatic rings. The predicted molar refractivity (Wildman–Crippen MR) is 105 cm³/mol. The van der Waals surface area contributed by atoms with Crippen molar-refractivity contribution >= 4 is 10.0 Å². The van der Waals surface area contributed by atoms with Gasteiger partial charge in [0.05, 0.1) is 18.5 Å². The first-order valence-corrected chi connectivity index (χ1v) is 10.5. The molecule has 0 radical (unpaired) electrons. The van der Waals surface area contributed by atoms with Gasteiger partial charge in [-0.1, -0.05) is 18.2 Å². The highest BCUT2D eigenvalue weighted by atomic mass is 32.2. The lowest BCUT2D eigenvalue weighted by Crippen LogP contribution is -2.28. The van der Waals surface area contributed by atoms with E-state index >= 15 is 0 Å². The molecule has 1 fully saturated rings. The van der Waals surface area contributed by atoms with Crippen molar-refractivity contribution in [2.75, 3.05) is 13.2 Å². The minimum atomic E-state index is -3.35. The molecule has 1 aliphatic heterocycles. The first kappa shape index (κ1) is 20.3. The standard InChI is InChI=1S/C20H23FN2O4S/c1-14(2)28(24,25)23-10-9-17-12-26-13-19(17)27-18-6-3-15(4-7-18)16-5-8-20(21)22-11-16/h3-11,14,17,19,23H,12-13H2,1-2H3/b10-9+/t17?,19-/m0/s1. The number of benzene rings is 1. The number of hydrogen-bond acceptors (Lipinski definition) is 5. The van der Waals surface area contributed by atoms with Gasteiger partial charge < -0.3 is 9.47 Å². The smallest absolute Gasteiger partial charge is 0.234 e. The quantitative estimate of drug-likeness (QED) is 0.715.